The van der Waals surface area contributed by atoms with E-state index in [0.29, 0.717) is 6.42 Å². The summed E-state index contributed by atoms with van der Waals surface area (Å²) in [5.41, 5.74) is 1.19. The summed E-state index contributed by atoms with van der Waals surface area (Å²) >= 11 is 1.75. The van der Waals surface area contributed by atoms with Gasteiger partial charge in [0.2, 0.25) is 0 Å². The van der Waals surface area contributed by atoms with Gasteiger partial charge in [-0.1, -0.05) is 12.1 Å². The fraction of sp³-hybridized carbons (Fsp3) is 0.562. The molecule has 0 N–H and O–H groups in total. The second-order valence-corrected chi connectivity index (χ2v) is 6.37. The van der Waals surface area contributed by atoms with Crippen LogP contribution in [-0.4, -0.2) is 49.3 Å². The zero-order valence-corrected chi connectivity index (χ0v) is 13.1. The van der Waals surface area contributed by atoms with Crippen LogP contribution in [0.25, 0.3) is 0 Å². The number of hydrogen-bond donors (Lipinski definition) is 0. The third kappa shape index (κ3) is 3.84. The number of ether oxygens (including phenoxy) is 1. The number of aldehydes is 1. The van der Waals surface area contributed by atoms with E-state index < -0.39 is 0 Å². The zero-order valence-electron chi connectivity index (χ0n) is 12.3. The standard InChI is InChI=1S/C16H23NO2S/c1-16(7-10-18,17-8-11-19-12-9-17)13-14-3-5-15(20-2)6-4-14/h3-6,10H,7-9,11-13H2,1-2H3/t16-/m0/s1. The molecule has 0 bridgehead atoms. The van der Waals surface area contributed by atoms with Gasteiger partial charge in [-0.3, -0.25) is 4.90 Å². The average molecular weight is 293 g/mol. The minimum Gasteiger partial charge on any atom is -0.379 e. The lowest BCUT2D eigenvalue weighted by molar-refractivity contribution is -0.111. The van der Waals surface area contributed by atoms with Crippen LogP contribution < -0.4 is 0 Å². The molecule has 1 aliphatic heterocycles. The monoisotopic (exact) mass is 293 g/mol. The Balaban J connectivity index is 2.11. The van der Waals surface area contributed by atoms with Crippen molar-refractivity contribution in [3.63, 3.8) is 0 Å². The number of thioether (sulfide) groups is 1. The summed E-state index contributed by atoms with van der Waals surface area (Å²) in [6.45, 7) is 5.54. The van der Waals surface area contributed by atoms with Crippen LogP contribution >= 0.6 is 11.8 Å². The first-order chi connectivity index (χ1) is 9.68. The van der Waals surface area contributed by atoms with Gasteiger partial charge in [0.15, 0.2) is 0 Å². The Morgan fingerprint density at radius 1 is 1.30 bits per heavy atom. The van der Waals surface area contributed by atoms with Crippen LogP contribution in [0.3, 0.4) is 0 Å². The summed E-state index contributed by atoms with van der Waals surface area (Å²) in [5, 5.41) is 0. The van der Waals surface area contributed by atoms with Crippen molar-refractivity contribution in [3.8, 4) is 0 Å². The molecular formula is C16H23NO2S. The smallest absolute Gasteiger partial charge is 0.121 e. The highest BCUT2D eigenvalue weighted by Crippen LogP contribution is 2.26. The molecule has 3 nitrogen and oxygen atoms in total. The van der Waals surface area contributed by atoms with E-state index >= 15 is 0 Å². The number of morpholine rings is 1. The largest absolute Gasteiger partial charge is 0.379 e. The highest BCUT2D eigenvalue weighted by atomic mass is 32.2. The van der Waals surface area contributed by atoms with Gasteiger partial charge < -0.3 is 9.53 Å². The predicted molar refractivity (Wildman–Crippen MR) is 83.4 cm³/mol. The fourth-order valence-corrected chi connectivity index (χ4v) is 3.19. The van der Waals surface area contributed by atoms with Gasteiger partial charge in [0, 0.05) is 29.9 Å². The highest BCUT2D eigenvalue weighted by molar-refractivity contribution is 7.98. The van der Waals surface area contributed by atoms with Gasteiger partial charge in [-0.2, -0.15) is 0 Å². The number of carbonyl (C=O) groups is 1. The molecule has 0 aliphatic carbocycles. The van der Waals surface area contributed by atoms with E-state index in [1.807, 2.05) is 0 Å². The van der Waals surface area contributed by atoms with E-state index in [9.17, 15) is 4.79 Å². The molecule has 1 aliphatic rings. The minimum atomic E-state index is -0.105. The van der Waals surface area contributed by atoms with Crippen molar-refractivity contribution < 1.29 is 9.53 Å². The lowest BCUT2D eigenvalue weighted by Crippen LogP contribution is -2.53. The highest BCUT2D eigenvalue weighted by Gasteiger charge is 2.32. The summed E-state index contributed by atoms with van der Waals surface area (Å²) in [6, 6.07) is 8.66. The maximum absolute atomic E-state index is 11.1. The van der Waals surface area contributed by atoms with Crippen molar-refractivity contribution >= 4 is 18.0 Å². The Hall–Kier alpha value is -0.840. The van der Waals surface area contributed by atoms with Crippen LogP contribution in [0, 0.1) is 0 Å². The molecule has 0 unspecified atom stereocenters. The van der Waals surface area contributed by atoms with E-state index in [0.717, 1.165) is 39.0 Å². The molecule has 4 heteroatoms. The molecule has 20 heavy (non-hydrogen) atoms. The first kappa shape index (κ1) is 15.5. The van der Waals surface area contributed by atoms with E-state index in [-0.39, 0.29) is 5.54 Å². The average Bonchev–Trinajstić information content (AvgIpc) is 2.49. The molecule has 1 fully saturated rings. The molecule has 110 valence electrons. The minimum absolute atomic E-state index is 0.105. The third-order valence-electron chi connectivity index (χ3n) is 4.04. The quantitative estimate of drug-likeness (QED) is 0.596. The molecule has 1 aromatic carbocycles. The van der Waals surface area contributed by atoms with Gasteiger partial charge >= 0.3 is 0 Å². The maximum Gasteiger partial charge on any atom is 0.121 e. The lowest BCUT2D eigenvalue weighted by atomic mass is 9.87. The summed E-state index contributed by atoms with van der Waals surface area (Å²) in [4.78, 5) is 14.8. The Labute approximate surface area is 125 Å². The van der Waals surface area contributed by atoms with E-state index in [4.69, 9.17) is 4.74 Å². The topological polar surface area (TPSA) is 29.5 Å². The molecule has 1 heterocycles. The molecule has 1 atom stereocenters. The van der Waals surface area contributed by atoms with Crippen molar-refractivity contribution in [2.24, 2.45) is 0 Å². The van der Waals surface area contributed by atoms with Crippen molar-refractivity contribution in [1.82, 2.24) is 4.90 Å². The van der Waals surface area contributed by atoms with Crippen LogP contribution in [0.2, 0.25) is 0 Å². The molecule has 0 radical (unpaired) electrons. The normalized spacial score (nSPS) is 19.5. The number of nitrogens with zero attached hydrogens (tertiary/aromatic N) is 1. The predicted octanol–water partition coefficient (Wildman–Crippen LogP) is 2.63. The third-order valence-corrected chi connectivity index (χ3v) is 4.79. The van der Waals surface area contributed by atoms with E-state index in [1.54, 1.807) is 11.8 Å². The molecule has 0 saturated carbocycles. The number of carbonyl (C=O) groups excluding carboxylic acids is 1. The van der Waals surface area contributed by atoms with Gasteiger partial charge in [-0.05, 0) is 37.3 Å². The van der Waals surface area contributed by atoms with E-state index in [2.05, 4.69) is 42.3 Å². The molecule has 1 saturated heterocycles. The summed E-state index contributed by atoms with van der Waals surface area (Å²) < 4.78 is 5.42. The van der Waals surface area contributed by atoms with Crippen molar-refractivity contribution in [3.05, 3.63) is 29.8 Å². The lowest BCUT2D eigenvalue weighted by Gasteiger charge is -2.42. The zero-order chi connectivity index (χ0) is 14.4. The second kappa shape index (κ2) is 7.25. The fourth-order valence-electron chi connectivity index (χ4n) is 2.78. The molecule has 2 rings (SSSR count). The van der Waals surface area contributed by atoms with Gasteiger partial charge in [0.1, 0.15) is 6.29 Å². The summed E-state index contributed by atoms with van der Waals surface area (Å²) in [7, 11) is 0. The van der Waals surface area contributed by atoms with Crippen LogP contribution in [0.1, 0.15) is 18.9 Å². The van der Waals surface area contributed by atoms with Crippen LogP contribution in [-0.2, 0) is 16.0 Å². The van der Waals surface area contributed by atoms with Crippen LogP contribution in [0.4, 0.5) is 0 Å². The van der Waals surface area contributed by atoms with Gasteiger partial charge in [0.05, 0.1) is 13.2 Å². The van der Waals surface area contributed by atoms with Crippen molar-refractivity contribution in [2.45, 2.75) is 30.2 Å². The Morgan fingerprint density at radius 2 is 1.95 bits per heavy atom. The Kier molecular flexibility index (Phi) is 5.64. The molecular weight excluding hydrogens is 270 g/mol. The van der Waals surface area contributed by atoms with E-state index in [1.165, 1.54) is 10.5 Å². The van der Waals surface area contributed by atoms with Crippen LogP contribution in [0.5, 0.6) is 0 Å². The molecule has 1 aromatic rings. The molecule has 0 aromatic heterocycles. The van der Waals surface area contributed by atoms with Crippen molar-refractivity contribution in [1.29, 1.82) is 0 Å². The van der Waals surface area contributed by atoms with Gasteiger partial charge in [-0.15, -0.1) is 11.8 Å². The van der Waals surface area contributed by atoms with Gasteiger partial charge in [0.25, 0.3) is 0 Å². The first-order valence-corrected chi connectivity index (χ1v) is 8.30. The number of rotatable bonds is 6. The maximum atomic E-state index is 11.1. The first-order valence-electron chi connectivity index (χ1n) is 7.07. The Bertz CT molecular complexity index is 429. The second-order valence-electron chi connectivity index (χ2n) is 5.49. The number of hydrogen-bond acceptors (Lipinski definition) is 4. The Morgan fingerprint density at radius 3 is 2.50 bits per heavy atom. The van der Waals surface area contributed by atoms with Gasteiger partial charge in [-0.25, -0.2) is 0 Å². The summed E-state index contributed by atoms with van der Waals surface area (Å²) in [5.74, 6) is 0. The SMILES string of the molecule is CSc1ccc(C[C@](C)(CC=O)N2CCOCC2)cc1. The molecule has 0 amide bonds. The van der Waals surface area contributed by atoms with Crippen LogP contribution in [0.15, 0.2) is 29.2 Å². The molecule has 0 spiro atoms. The van der Waals surface area contributed by atoms with Crippen molar-refractivity contribution in [2.75, 3.05) is 32.6 Å². The summed E-state index contributed by atoms with van der Waals surface area (Å²) in [6.07, 6.45) is 4.60. The number of benzene rings is 1.